The topological polar surface area (TPSA) is 89.3 Å². The van der Waals surface area contributed by atoms with E-state index in [1.807, 2.05) is 6.19 Å². The van der Waals surface area contributed by atoms with Crippen LogP contribution >= 0.6 is 10.2 Å². The number of rotatable bonds is 6. The molecule has 7 nitrogen and oxygen atoms in total. The molecule has 1 atom stereocenters. The number of nitriles is 1. The zero-order chi connectivity index (χ0) is 30.5. The van der Waals surface area contributed by atoms with Gasteiger partial charge in [0.1, 0.15) is 23.3 Å². The SMILES string of the molecule is Fc1cccnc1.N#CN1CCCC1C(=O)N(CC(=O)NC1CCC(F)(F)CC1)c1ccc(S(F)(F)(F)(F)F)cc1. The predicted molar refractivity (Wildman–Crippen MR) is 135 cm³/mol. The molecule has 1 unspecified atom stereocenters. The van der Waals surface area contributed by atoms with E-state index in [0.717, 1.165) is 4.90 Å². The average Bonchev–Trinajstić information content (AvgIpc) is 3.37. The number of alkyl halides is 2. The molecule has 16 heteroatoms. The second-order valence-corrected chi connectivity index (χ2v) is 12.1. The van der Waals surface area contributed by atoms with Gasteiger partial charge in [0.25, 0.3) is 5.91 Å². The summed E-state index contributed by atoms with van der Waals surface area (Å²) in [6.45, 7) is -0.413. The summed E-state index contributed by atoms with van der Waals surface area (Å²) in [6, 6.07) is 2.95. The quantitative estimate of drug-likeness (QED) is 0.295. The number of halogens is 8. The van der Waals surface area contributed by atoms with Crippen molar-refractivity contribution in [3.05, 3.63) is 54.6 Å². The van der Waals surface area contributed by atoms with Crippen LogP contribution in [0.5, 0.6) is 0 Å². The summed E-state index contributed by atoms with van der Waals surface area (Å²) in [5.74, 6) is -4.62. The minimum absolute atomic E-state index is 0.0100. The third kappa shape index (κ3) is 9.20. The van der Waals surface area contributed by atoms with Gasteiger partial charge in [-0.3, -0.25) is 19.5 Å². The molecule has 2 aliphatic rings. The summed E-state index contributed by atoms with van der Waals surface area (Å²) in [5, 5.41) is 11.8. The number of anilines is 1. The maximum absolute atomic E-state index is 13.3. The van der Waals surface area contributed by atoms with E-state index in [1.54, 1.807) is 6.07 Å². The molecule has 1 aliphatic carbocycles. The van der Waals surface area contributed by atoms with Gasteiger partial charge in [-0.2, -0.15) is 5.26 Å². The highest BCUT2D eigenvalue weighted by atomic mass is 32.5. The van der Waals surface area contributed by atoms with Gasteiger partial charge in [-0.1, -0.05) is 19.4 Å². The minimum Gasteiger partial charge on any atom is -0.352 e. The number of likely N-dealkylation sites (tertiary alicyclic amines) is 1. The van der Waals surface area contributed by atoms with E-state index in [9.17, 15) is 47.5 Å². The van der Waals surface area contributed by atoms with E-state index in [2.05, 4.69) is 10.3 Å². The zero-order valence-electron chi connectivity index (χ0n) is 21.5. The number of pyridine rings is 1. The lowest BCUT2D eigenvalue weighted by atomic mass is 9.92. The fourth-order valence-electron chi connectivity index (χ4n) is 4.45. The number of hydrogen-bond donors (Lipinski definition) is 1. The maximum atomic E-state index is 13.3. The van der Waals surface area contributed by atoms with Gasteiger partial charge in [-0.25, -0.2) is 13.2 Å². The van der Waals surface area contributed by atoms with Crippen LogP contribution in [0.25, 0.3) is 0 Å². The van der Waals surface area contributed by atoms with Crippen LogP contribution in [-0.2, 0) is 9.59 Å². The van der Waals surface area contributed by atoms with Gasteiger partial charge in [0.2, 0.25) is 11.8 Å². The standard InChI is InChI=1S/C20H23F7N4O2S.C5H4FN/c21-20(22)9-7-14(8-10-20)29-18(32)12-31(19(33)17-2-1-11-30(17)13-28)15-3-5-16(6-4-15)34(23,24,25,26)27;6-5-2-1-3-7-4-5/h3-6,14,17H,1-2,7-12H2,(H,29,32);1-4H. The Bertz CT molecular complexity index is 1260. The summed E-state index contributed by atoms with van der Waals surface area (Å²) in [4.78, 5) is 29.1. The molecule has 4 rings (SSSR count). The van der Waals surface area contributed by atoms with Gasteiger partial charge in [0.15, 0.2) is 6.19 Å². The van der Waals surface area contributed by atoms with Crippen molar-refractivity contribution in [3.63, 3.8) is 0 Å². The summed E-state index contributed by atoms with van der Waals surface area (Å²) >= 11 is 0. The first kappa shape index (κ1) is 31.9. The number of hydrogen-bond acceptors (Lipinski definition) is 5. The second-order valence-electron chi connectivity index (χ2n) is 9.71. The molecule has 1 aromatic heterocycles. The fraction of sp³-hybridized carbons (Fsp3) is 0.440. The monoisotopic (exact) mass is 613 g/mol. The maximum Gasteiger partial charge on any atom is 0.310 e. The lowest BCUT2D eigenvalue weighted by molar-refractivity contribution is -0.126. The van der Waals surface area contributed by atoms with Crippen molar-refractivity contribution in [1.29, 1.82) is 5.26 Å². The first-order chi connectivity index (χ1) is 18.9. The van der Waals surface area contributed by atoms with Gasteiger partial charge in [0, 0.05) is 37.3 Å². The van der Waals surface area contributed by atoms with Gasteiger partial charge < -0.3 is 10.2 Å². The first-order valence-electron chi connectivity index (χ1n) is 12.4. The Hall–Kier alpha value is -3.61. The third-order valence-electron chi connectivity index (χ3n) is 6.54. The molecular weight excluding hydrogens is 586 g/mol. The number of carbonyl (C=O) groups is 2. The van der Waals surface area contributed by atoms with Crippen LogP contribution in [0.4, 0.5) is 38.3 Å². The molecule has 41 heavy (non-hydrogen) atoms. The molecule has 0 spiro atoms. The van der Waals surface area contributed by atoms with Crippen LogP contribution in [0.15, 0.2) is 53.7 Å². The van der Waals surface area contributed by atoms with E-state index in [0.29, 0.717) is 18.6 Å². The molecule has 2 amide bonds. The molecule has 226 valence electrons. The highest BCUT2D eigenvalue weighted by Gasteiger charge is 2.65. The van der Waals surface area contributed by atoms with Crippen LogP contribution in [0.3, 0.4) is 0 Å². The summed E-state index contributed by atoms with van der Waals surface area (Å²) in [5.41, 5.74) is -0.245. The summed E-state index contributed by atoms with van der Waals surface area (Å²) < 4.78 is 104. The van der Waals surface area contributed by atoms with Crippen LogP contribution in [-0.4, -0.2) is 52.8 Å². The first-order valence-corrected chi connectivity index (χ1v) is 14.4. The van der Waals surface area contributed by atoms with Gasteiger partial charge >= 0.3 is 10.2 Å². The van der Waals surface area contributed by atoms with Gasteiger partial charge in [0.05, 0.1) is 6.20 Å². The Morgan fingerprint density at radius 2 is 1.71 bits per heavy atom. The third-order valence-corrected chi connectivity index (χ3v) is 7.70. The number of nitrogens with zero attached hydrogens (tertiary/aromatic N) is 4. The molecule has 1 saturated heterocycles. The number of carbonyl (C=O) groups excluding carboxylic acids is 2. The van der Waals surface area contributed by atoms with Crippen molar-refractivity contribution in [2.24, 2.45) is 0 Å². The molecule has 0 radical (unpaired) electrons. The van der Waals surface area contributed by atoms with Crippen molar-refractivity contribution >= 4 is 27.7 Å². The Morgan fingerprint density at radius 1 is 1.07 bits per heavy atom. The van der Waals surface area contributed by atoms with Crippen LogP contribution in [0.1, 0.15) is 38.5 Å². The smallest absolute Gasteiger partial charge is 0.310 e. The van der Waals surface area contributed by atoms with Crippen LogP contribution in [0.2, 0.25) is 0 Å². The minimum atomic E-state index is -9.94. The Balaban J connectivity index is 0.000000575. The van der Waals surface area contributed by atoms with Crippen LogP contribution in [0, 0.1) is 17.3 Å². The van der Waals surface area contributed by atoms with Crippen molar-refractivity contribution in [2.45, 2.75) is 61.4 Å². The summed E-state index contributed by atoms with van der Waals surface area (Å²) in [6.07, 6.45) is 4.46. The number of benzene rings is 1. The molecule has 1 N–H and O–H groups in total. The van der Waals surface area contributed by atoms with Crippen molar-refractivity contribution in [1.82, 2.24) is 15.2 Å². The van der Waals surface area contributed by atoms with Crippen molar-refractivity contribution in [2.75, 3.05) is 18.0 Å². The average molecular weight is 614 g/mol. The summed E-state index contributed by atoms with van der Waals surface area (Å²) in [7, 11) is -9.94. The molecule has 1 aromatic carbocycles. The fourth-order valence-corrected chi connectivity index (χ4v) is 5.10. The highest BCUT2D eigenvalue weighted by molar-refractivity contribution is 8.45. The molecular formula is C25H27F8N5O2S. The Kier molecular flexibility index (Phi) is 8.83. The van der Waals surface area contributed by atoms with Crippen LogP contribution < -0.4 is 10.2 Å². The predicted octanol–water partition coefficient (Wildman–Crippen LogP) is 6.54. The largest absolute Gasteiger partial charge is 0.352 e. The number of aromatic nitrogens is 1. The Labute approximate surface area is 230 Å². The second kappa shape index (κ2) is 11.3. The van der Waals surface area contributed by atoms with Gasteiger partial charge in [-0.05, 0) is 62.1 Å². The normalized spacial score (nSPS) is 20.5. The molecule has 1 aliphatic heterocycles. The van der Waals surface area contributed by atoms with E-state index in [1.165, 1.54) is 23.4 Å². The molecule has 2 aromatic rings. The van der Waals surface area contributed by atoms with E-state index < -0.39 is 64.3 Å². The highest BCUT2D eigenvalue weighted by Crippen LogP contribution is 3.02. The number of nitrogens with one attached hydrogen (secondary N) is 1. The van der Waals surface area contributed by atoms with Crippen molar-refractivity contribution in [3.8, 4) is 6.19 Å². The molecule has 0 bridgehead atoms. The number of amides is 2. The van der Waals surface area contributed by atoms with E-state index in [-0.39, 0.29) is 49.4 Å². The van der Waals surface area contributed by atoms with Gasteiger partial charge in [-0.15, -0.1) is 0 Å². The van der Waals surface area contributed by atoms with E-state index >= 15 is 0 Å². The molecule has 1 saturated carbocycles. The molecule has 2 fully saturated rings. The van der Waals surface area contributed by atoms with E-state index in [4.69, 9.17) is 0 Å². The lowest BCUT2D eigenvalue weighted by Crippen LogP contribution is -2.50. The Morgan fingerprint density at radius 3 is 2.20 bits per heavy atom. The molecule has 2 heterocycles. The van der Waals surface area contributed by atoms with Crippen molar-refractivity contribution < 1.29 is 42.2 Å². The zero-order valence-corrected chi connectivity index (χ0v) is 22.3. The lowest BCUT2D eigenvalue weighted by Gasteiger charge is -2.40.